The fourth-order valence-electron chi connectivity index (χ4n) is 1.90. The number of aryl methyl sites for hydroxylation is 1. The van der Waals surface area contributed by atoms with Gasteiger partial charge in [-0.2, -0.15) is 0 Å². The molecular weight excluding hydrogens is 272 g/mol. The van der Waals surface area contributed by atoms with Crippen LogP contribution >= 0.6 is 0 Å². The van der Waals surface area contributed by atoms with Gasteiger partial charge in [-0.1, -0.05) is 31.5 Å². The minimum absolute atomic E-state index is 0.0725. The first-order valence-corrected chi connectivity index (χ1v) is 6.88. The molecule has 0 bridgehead atoms. The Morgan fingerprint density at radius 2 is 2.19 bits per heavy atom. The van der Waals surface area contributed by atoms with E-state index < -0.39 is 5.97 Å². The number of benzene rings is 1. The number of aliphatic carboxylic acids is 1. The minimum Gasteiger partial charge on any atom is -0.485 e. The average molecular weight is 290 g/mol. The van der Waals surface area contributed by atoms with Gasteiger partial charge in [-0.05, 0) is 22.9 Å². The van der Waals surface area contributed by atoms with Crippen LogP contribution in [0.2, 0.25) is 0 Å². The molecule has 0 aliphatic heterocycles. The van der Waals surface area contributed by atoms with Gasteiger partial charge in [0.25, 0.3) is 0 Å². The maximum atomic E-state index is 10.8. The molecule has 0 aliphatic carbocycles. The van der Waals surface area contributed by atoms with Crippen LogP contribution in [-0.4, -0.2) is 31.3 Å². The second-order valence-corrected chi connectivity index (χ2v) is 4.64. The molecular formula is C14H18N4O3. The Labute approximate surface area is 122 Å². The number of rotatable bonds is 8. The Bertz CT molecular complexity index is 597. The number of aromatic nitrogens is 4. The molecule has 0 saturated heterocycles. The van der Waals surface area contributed by atoms with Gasteiger partial charge in [-0.3, -0.25) is 4.79 Å². The number of nitrogens with zero attached hydrogens (tertiary/aromatic N) is 4. The summed E-state index contributed by atoms with van der Waals surface area (Å²) < 4.78 is 7.39. The molecule has 112 valence electrons. The van der Waals surface area contributed by atoms with Crippen molar-refractivity contribution in [3.8, 4) is 5.75 Å². The summed E-state index contributed by atoms with van der Waals surface area (Å²) in [6, 6.07) is 7.08. The van der Waals surface area contributed by atoms with Crippen LogP contribution in [0.15, 0.2) is 24.3 Å². The number of para-hydroxylation sites is 1. The zero-order valence-electron chi connectivity index (χ0n) is 11.9. The number of carbonyl (C=O) groups is 1. The average Bonchev–Trinajstić information content (AvgIpc) is 2.91. The zero-order chi connectivity index (χ0) is 15.1. The predicted molar refractivity (Wildman–Crippen MR) is 74.8 cm³/mol. The number of hydrogen-bond acceptors (Lipinski definition) is 5. The molecule has 1 aromatic heterocycles. The number of carboxylic acids is 1. The van der Waals surface area contributed by atoms with Gasteiger partial charge in [-0.15, -0.1) is 5.10 Å². The van der Waals surface area contributed by atoms with Gasteiger partial charge in [0.05, 0.1) is 6.42 Å². The van der Waals surface area contributed by atoms with Gasteiger partial charge in [0.1, 0.15) is 12.4 Å². The molecule has 2 aromatic rings. The van der Waals surface area contributed by atoms with E-state index in [1.54, 1.807) is 28.9 Å². The van der Waals surface area contributed by atoms with Gasteiger partial charge in [0, 0.05) is 12.1 Å². The smallest absolute Gasteiger partial charge is 0.307 e. The SMILES string of the molecule is CCCCn1nnnc1COc1ccccc1CC(=O)O. The summed E-state index contributed by atoms with van der Waals surface area (Å²) in [6.45, 7) is 3.06. The third kappa shape index (κ3) is 4.27. The van der Waals surface area contributed by atoms with E-state index in [0.29, 0.717) is 17.1 Å². The number of ether oxygens (including phenoxy) is 1. The van der Waals surface area contributed by atoms with E-state index in [2.05, 4.69) is 22.4 Å². The molecule has 21 heavy (non-hydrogen) atoms. The predicted octanol–water partition coefficient (Wildman–Crippen LogP) is 1.68. The number of tetrazole rings is 1. The van der Waals surface area contributed by atoms with E-state index >= 15 is 0 Å². The second-order valence-electron chi connectivity index (χ2n) is 4.64. The van der Waals surface area contributed by atoms with E-state index in [-0.39, 0.29) is 13.0 Å². The highest BCUT2D eigenvalue weighted by Gasteiger charge is 2.10. The third-order valence-electron chi connectivity index (χ3n) is 3.00. The van der Waals surface area contributed by atoms with Crippen LogP contribution in [0.1, 0.15) is 31.2 Å². The van der Waals surface area contributed by atoms with Crippen molar-refractivity contribution in [3.05, 3.63) is 35.7 Å². The van der Waals surface area contributed by atoms with Crippen molar-refractivity contribution in [2.45, 2.75) is 39.3 Å². The third-order valence-corrected chi connectivity index (χ3v) is 3.00. The lowest BCUT2D eigenvalue weighted by atomic mass is 10.1. The van der Waals surface area contributed by atoms with Gasteiger partial charge < -0.3 is 9.84 Å². The van der Waals surface area contributed by atoms with Crippen LogP contribution in [0.25, 0.3) is 0 Å². The maximum absolute atomic E-state index is 10.8. The van der Waals surface area contributed by atoms with E-state index in [4.69, 9.17) is 9.84 Å². The maximum Gasteiger partial charge on any atom is 0.307 e. The summed E-state index contributed by atoms with van der Waals surface area (Å²) in [5.74, 6) is 0.289. The van der Waals surface area contributed by atoms with Crippen LogP contribution < -0.4 is 4.74 Å². The first kappa shape index (κ1) is 15.0. The molecule has 1 N–H and O–H groups in total. The first-order chi connectivity index (χ1) is 10.2. The Morgan fingerprint density at radius 3 is 2.95 bits per heavy atom. The molecule has 0 amide bonds. The van der Waals surface area contributed by atoms with Crippen molar-refractivity contribution < 1.29 is 14.6 Å². The second kappa shape index (κ2) is 7.37. The Hall–Kier alpha value is -2.44. The molecule has 0 radical (unpaired) electrons. The summed E-state index contributed by atoms with van der Waals surface area (Å²) in [6.07, 6.45) is 1.98. The fraction of sp³-hybridized carbons (Fsp3) is 0.429. The van der Waals surface area contributed by atoms with Crippen molar-refractivity contribution >= 4 is 5.97 Å². The summed E-state index contributed by atoms with van der Waals surface area (Å²) in [7, 11) is 0. The molecule has 1 heterocycles. The van der Waals surface area contributed by atoms with Gasteiger partial charge in [0.15, 0.2) is 5.82 Å². The normalized spacial score (nSPS) is 10.5. The van der Waals surface area contributed by atoms with Crippen LogP contribution in [-0.2, 0) is 24.4 Å². The lowest BCUT2D eigenvalue weighted by molar-refractivity contribution is -0.136. The van der Waals surface area contributed by atoms with Crippen molar-refractivity contribution in [3.63, 3.8) is 0 Å². The van der Waals surface area contributed by atoms with Crippen LogP contribution in [0.3, 0.4) is 0 Å². The highest BCUT2D eigenvalue weighted by Crippen LogP contribution is 2.19. The zero-order valence-corrected chi connectivity index (χ0v) is 11.9. The van der Waals surface area contributed by atoms with Gasteiger partial charge in [-0.25, -0.2) is 4.68 Å². The number of unbranched alkanes of at least 4 members (excludes halogenated alkanes) is 1. The van der Waals surface area contributed by atoms with Crippen LogP contribution in [0.5, 0.6) is 5.75 Å². The lowest BCUT2D eigenvalue weighted by Gasteiger charge is -2.10. The number of hydrogen-bond donors (Lipinski definition) is 1. The molecule has 0 fully saturated rings. The molecule has 0 atom stereocenters. The van der Waals surface area contributed by atoms with Crippen molar-refractivity contribution in [1.29, 1.82) is 0 Å². The van der Waals surface area contributed by atoms with E-state index in [0.717, 1.165) is 19.4 Å². The quantitative estimate of drug-likeness (QED) is 0.795. The molecule has 7 heteroatoms. The largest absolute Gasteiger partial charge is 0.485 e. The van der Waals surface area contributed by atoms with E-state index in [1.807, 2.05) is 0 Å². The Morgan fingerprint density at radius 1 is 1.38 bits per heavy atom. The minimum atomic E-state index is -0.890. The molecule has 1 aromatic carbocycles. The molecule has 0 spiro atoms. The van der Waals surface area contributed by atoms with Crippen LogP contribution in [0, 0.1) is 0 Å². The summed E-state index contributed by atoms with van der Waals surface area (Å²) in [5, 5.41) is 20.4. The fourth-order valence-corrected chi connectivity index (χ4v) is 1.90. The molecule has 2 rings (SSSR count). The van der Waals surface area contributed by atoms with Gasteiger partial charge >= 0.3 is 5.97 Å². The van der Waals surface area contributed by atoms with Crippen molar-refractivity contribution in [2.75, 3.05) is 0 Å². The topological polar surface area (TPSA) is 90.1 Å². The van der Waals surface area contributed by atoms with E-state index in [1.165, 1.54) is 0 Å². The monoisotopic (exact) mass is 290 g/mol. The standard InChI is InChI=1S/C14H18N4O3/c1-2-3-8-18-13(15-16-17-18)10-21-12-7-5-4-6-11(12)9-14(19)20/h4-7H,2-3,8-10H2,1H3,(H,19,20). The molecule has 7 nitrogen and oxygen atoms in total. The first-order valence-electron chi connectivity index (χ1n) is 6.88. The summed E-state index contributed by atoms with van der Waals surface area (Å²) >= 11 is 0. The van der Waals surface area contributed by atoms with E-state index in [9.17, 15) is 4.79 Å². The van der Waals surface area contributed by atoms with Crippen molar-refractivity contribution in [1.82, 2.24) is 20.2 Å². The highest BCUT2D eigenvalue weighted by molar-refractivity contribution is 5.71. The Kier molecular flexibility index (Phi) is 5.25. The molecule has 0 aliphatic rings. The molecule has 0 unspecified atom stereocenters. The Balaban J connectivity index is 2.03. The molecule has 0 saturated carbocycles. The van der Waals surface area contributed by atoms with Crippen LogP contribution in [0.4, 0.5) is 0 Å². The summed E-state index contributed by atoms with van der Waals surface area (Å²) in [4.78, 5) is 10.8. The number of carboxylic acid groups (broad SMARTS) is 1. The van der Waals surface area contributed by atoms with Crippen molar-refractivity contribution in [2.24, 2.45) is 0 Å². The highest BCUT2D eigenvalue weighted by atomic mass is 16.5. The summed E-state index contributed by atoms with van der Waals surface area (Å²) in [5.41, 5.74) is 0.637. The lowest BCUT2D eigenvalue weighted by Crippen LogP contribution is -2.10. The van der Waals surface area contributed by atoms with Gasteiger partial charge in [0.2, 0.25) is 0 Å².